The third-order valence-electron chi connectivity index (χ3n) is 4.91. The third-order valence-corrected chi connectivity index (χ3v) is 4.91. The molecule has 2 aromatic carbocycles. The summed E-state index contributed by atoms with van der Waals surface area (Å²) in [7, 11) is 0. The average molecular weight is 408 g/mol. The first-order valence-electron chi connectivity index (χ1n) is 10.1. The smallest absolute Gasteiger partial charge is 0.340 e. The van der Waals surface area contributed by atoms with E-state index in [9.17, 15) is 9.59 Å². The van der Waals surface area contributed by atoms with Crippen LogP contribution in [0, 0.1) is 0 Å². The first-order valence-corrected chi connectivity index (χ1v) is 10.1. The molecule has 1 amide bonds. The van der Waals surface area contributed by atoms with E-state index in [-0.39, 0.29) is 11.7 Å². The zero-order valence-corrected chi connectivity index (χ0v) is 16.8. The number of ether oxygens (including phenoxy) is 2. The van der Waals surface area contributed by atoms with Crippen molar-refractivity contribution in [1.29, 1.82) is 0 Å². The minimum atomic E-state index is -0.404. The summed E-state index contributed by atoms with van der Waals surface area (Å²) in [6.07, 6.45) is 0.737. The van der Waals surface area contributed by atoms with E-state index in [2.05, 4.69) is 10.2 Å². The molecule has 0 spiro atoms. The van der Waals surface area contributed by atoms with Crippen molar-refractivity contribution in [2.75, 3.05) is 43.1 Å². The van der Waals surface area contributed by atoms with Gasteiger partial charge in [0, 0.05) is 24.2 Å². The van der Waals surface area contributed by atoms with Crippen LogP contribution in [-0.4, -0.2) is 44.8 Å². The summed E-state index contributed by atoms with van der Waals surface area (Å²) in [6, 6.07) is 14.4. The molecule has 4 rings (SSSR count). The molecule has 0 saturated carbocycles. The number of hydrogen-bond acceptors (Lipinski definition) is 6. The number of nitrogens with zero attached hydrogens (tertiary/aromatic N) is 1. The van der Waals surface area contributed by atoms with Crippen LogP contribution in [0.3, 0.4) is 0 Å². The summed E-state index contributed by atoms with van der Waals surface area (Å²) in [4.78, 5) is 27.5. The van der Waals surface area contributed by atoms with E-state index in [1.54, 1.807) is 18.2 Å². The number of benzene rings is 2. The van der Waals surface area contributed by atoms with Crippen LogP contribution in [0.5, 0.6) is 0 Å². The molecule has 156 valence electrons. The number of hydrogen-bond donors (Lipinski definition) is 1. The number of esters is 1. The number of rotatable bonds is 6. The maximum atomic E-state index is 12.7. The van der Waals surface area contributed by atoms with Crippen LogP contribution >= 0.6 is 0 Å². The van der Waals surface area contributed by atoms with Gasteiger partial charge in [0.1, 0.15) is 5.58 Å². The third kappa shape index (κ3) is 4.31. The van der Waals surface area contributed by atoms with Gasteiger partial charge in [-0.1, -0.05) is 25.1 Å². The van der Waals surface area contributed by atoms with E-state index in [0.29, 0.717) is 49.7 Å². The van der Waals surface area contributed by atoms with E-state index >= 15 is 0 Å². The van der Waals surface area contributed by atoms with E-state index in [4.69, 9.17) is 13.9 Å². The Hall–Kier alpha value is -3.32. The van der Waals surface area contributed by atoms with Gasteiger partial charge in [0.2, 0.25) is 0 Å². The highest BCUT2D eigenvalue weighted by atomic mass is 16.5. The Balaban J connectivity index is 1.59. The Kier molecular flexibility index (Phi) is 5.99. The number of morpholine rings is 1. The fourth-order valence-corrected chi connectivity index (χ4v) is 3.42. The van der Waals surface area contributed by atoms with Gasteiger partial charge in [-0.3, -0.25) is 4.79 Å². The highest BCUT2D eigenvalue weighted by molar-refractivity contribution is 6.06. The van der Waals surface area contributed by atoms with Crippen molar-refractivity contribution in [2.45, 2.75) is 13.3 Å². The second-order valence-electron chi connectivity index (χ2n) is 7.07. The highest BCUT2D eigenvalue weighted by Gasteiger charge is 2.21. The molecule has 7 heteroatoms. The van der Waals surface area contributed by atoms with E-state index in [0.717, 1.165) is 17.5 Å². The Labute approximate surface area is 174 Å². The van der Waals surface area contributed by atoms with E-state index < -0.39 is 5.97 Å². The second kappa shape index (κ2) is 9.00. The van der Waals surface area contributed by atoms with Gasteiger partial charge in [0.25, 0.3) is 5.91 Å². The molecule has 1 saturated heterocycles. The summed E-state index contributed by atoms with van der Waals surface area (Å²) >= 11 is 0. The fraction of sp³-hybridized carbons (Fsp3) is 0.304. The lowest BCUT2D eigenvalue weighted by atomic mass is 10.1. The molecule has 1 aromatic heterocycles. The number of carbonyl (C=O) groups excluding carboxylic acids is 2. The van der Waals surface area contributed by atoms with Crippen LogP contribution in [0.15, 0.2) is 52.9 Å². The Morgan fingerprint density at radius 1 is 1.10 bits per heavy atom. The van der Waals surface area contributed by atoms with Crippen molar-refractivity contribution in [2.24, 2.45) is 0 Å². The minimum Gasteiger partial charge on any atom is -0.462 e. The highest BCUT2D eigenvalue weighted by Crippen LogP contribution is 2.27. The van der Waals surface area contributed by atoms with Gasteiger partial charge < -0.3 is 24.1 Å². The molecule has 1 fully saturated rings. The number of nitrogens with one attached hydrogen (secondary N) is 1. The predicted molar refractivity (Wildman–Crippen MR) is 114 cm³/mol. The first kappa shape index (κ1) is 20.0. The van der Waals surface area contributed by atoms with E-state index in [1.165, 1.54) is 0 Å². The fourth-order valence-electron chi connectivity index (χ4n) is 3.42. The summed E-state index contributed by atoms with van der Waals surface area (Å²) in [5.41, 5.74) is 2.35. The van der Waals surface area contributed by atoms with Crippen molar-refractivity contribution in [3.63, 3.8) is 0 Å². The van der Waals surface area contributed by atoms with Crippen molar-refractivity contribution in [3.05, 3.63) is 59.9 Å². The molecule has 0 bridgehead atoms. The van der Waals surface area contributed by atoms with Crippen molar-refractivity contribution in [3.8, 4) is 0 Å². The quantitative estimate of drug-likeness (QED) is 0.619. The first-order chi connectivity index (χ1) is 14.7. The number of carbonyl (C=O) groups is 2. The van der Waals surface area contributed by atoms with Crippen LogP contribution in [-0.2, 0) is 9.47 Å². The molecular weight excluding hydrogens is 384 g/mol. The molecule has 30 heavy (non-hydrogen) atoms. The van der Waals surface area contributed by atoms with Crippen LogP contribution in [0.25, 0.3) is 11.0 Å². The van der Waals surface area contributed by atoms with E-state index in [1.807, 2.05) is 37.3 Å². The zero-order valence-electron chi connectivity index (χ0n) is 16.8. The minimum absolute atomic E-state index is 0.212. The molecular formula is C23H24N2O5. The topological polar surface area (TPSA) is 81.0 Å². The monoisotopic (exact) mass is 408 g/mol. The van der Waals surface area contributed by atoms with Gasteiger partial charge in [-0.15, -0.1) is 0 Å². The number of amides is 1. The Bertz CT molecular complexity index is 1020. The Morgan fingerprint density at radius 3 is 2.67 bits per heavy atom. The molecule has 0 unspecified atom stereocenters. The maximum absolute atomic E-state index is 12.7. The van der Waals surface area contributed by atoms with Gasteiger partial charge in [0.15, 0.2) is 5.76 Å². The zero-order chi connectivity index (χ0) is 20.9. The molecule has 1 N–H and O–H groups in total. The number of anilines is 2. The predicted octanol–water partition coefficient (Wildman–Crippen LogP) is 4.09. The lowest BCUT2D eigenvalue weighted by molar-refractivity contribution is 0.0504. The lowest BCUT2D eigenvalue weighted by Crippen LogP contribution is -2.37. The van der Waals surface area contributed by atoms with Crippen LogP contribution in [0.4, 0.5) is 11.4 Å². The van der Waals surface area contributed by atoms with Crippen LogP contribution < -0.4 is 10.2 Å². The Morgan fingerprint density at radius 2 is 1.90 bits per heavy atom. The van der Waals surface area contributed by atoms with Gasteiger partial charge in [-0.2, -0.15) is 0 Å². The van der Waals surface area contributed by atoms with Gasteiger partial charge in [0.05, 0.1) is 31.1 Å². The molecule has 1 aliphatic heterocycles. The maximum Gasteiger partial charge on any atom is 0.340 e. The largest absolute Gasteiger partial charge is 0.462 e. The molecule has 2 heterocycles. The molecule has 1 aliphatic rings. The summed E-state index contributed by atoms with van der Waals surface area (Å²) < 4.78 is 16.4. The lowest BCUT2D eigenvalue weighted by Gasteiger charge is -2.30. The summed E-state index contributed by atoms with van der Waals surface area (Å²) in [6.45, 7) is 4.89. The van der Waals surface area contributed by atoms with Crippen LogP contribution in [0.1, 0.15) is 34.3 Å². The average Bonchev–Trinajstić information content (AvgIpc) is 3.22. The molecule has 7 nitrogen and oxygen atoms in total. The van der Waals surface area contributed by atoms with Gasteiger partial charge in [-0.25, -0.2) is 4.79 Å². The standard InChI is InChI=1S/C23H24N2O5/c1-2-11-29-23(27)18-15-17(7-8-19(18)25-9-12-28-13-10-25)24-22(26)21-14-16-5-3-4-6-20(16)30-21/h3-8,14-15H,2,9-13H2,1H3,(H,24,26). The summed E-state index contributed by atoms with van der Waals surface area (Å²) in [5, 5.41) is 3.67. The van der Waals surface area contributed by atoms with Crippen molar-refractivity contribution < 1.29 is 23.5 Å². The van der Waals surface area contributed by atoms with Gasteiger partial charge in [-0.05, 0) is 36.8 Å². The molecule has 0 aliphatic carbocycles. The van der Waals surface area contributed by atoms with Crippen LogP contribution in [0.2, 0.25) is 0 Å². The van der Waals surface area contributed by atoms with Crippen molar-refractivity contribution in [1.82, 2.24) is 0 Å². The molecule has 0 radical (unpaired) electrons. The summed E-state index contributed by atoms with van der Waals surface area (Å²) in [5.74, 6) is -0.569. The number of fused-ring (bicyclic) bond motifs is 1. The van der Waals surface area contributed by atoms with Crippen molar-refractivity contribution >= 4 is 34.2 Å². The molecule has 0 atom stereocenters. The van der Waals surface area contributed by atoms with Gasteiger partial charge >= 0.3 is 5.97 Å². The molecule has 3 aromatic rings. The second-order valence-corrected chi connectivity index (χ2v) is 7.07. The SMILES string of the molecule is CCCOC(=O)c1cc(NC(=O)c2cc3ccccc3o2)ccc1N1CCOCC1. The normalized spacial score (nSPS) is 14.0. The number of para-hydroxylation sites is 1. The number of furan rings is 1.